The summed E-state index contributed by atoms with van der Waals surface area (Å²) in [6.07, 6.45) is 13.5. The van der Waals surface area contributed by atoms with E-state index in [1.807, 2.05) is 19.4 Å². The highest BCUT2D eigenvalue weighted by atomic mass is 15.3. The smallest absolute Gasteiger partial charge is 0.229 e. The van der Waals surface area contributed by atoms with Crippen molar-refractivity contribution in [3.63, 3.8) is 0 Å². The van der Waals surface area contributed by atoms with Crippen molar-refractivity contribution in [2.24, 2.45) is 12.5 Å². The second-order valence-electron chi connectivity index (χ2n) is 8.32. The van der Waals surface area contributed by atoms with Crippen molar-refractivity contribution in [2.45, 2.75) is 51.5 Å². The van der Waals surface area contributed by atoms with Gasteiger partial charge in [0.1, 0.15) is 5.82 Å². The summed E-state index contributed by atoms with van der Waals surface area (Å²) in [4.78, 5) is 11.6. The number of anilines is 3. The van der Waals surface area contributed by atoms with Crippen molar-refractivity contribution in [1.82, 2.24) is 25.1 Å². The summed E-state index contributed by atoms with van der Waals surface area (Å²) in [5, 5.41) is 11.0. The van der Waals surface area contributed by atoms with Gasteiger partial charge >= 0.3 is 0 Å². The molecule has 0 aromatic carbocycles. The van der Waals surface area contributed by atoms with E-state index in [9.17, 15) is 0 Å². The minimum absolute atomic E-state index is 0.561. The van der Waals surface area contributed by atoms with Gasteiger partial charge in [-0.15, -0.1) is 0 Å². The van der Waals surface area contributed by atoms with E-state index < -0.39 is 0 Å². The van der Waals surface area contributed by atoms with Gasteiger partial charge in [-0.05, 0) is 64.0 Å². The largest absolute Gasteiger partial charge is 0.356 e. The van der Waals surface area contributed by atoms with Crippen molar-refractivity contribution >= 4 is 17.5 Å². The zero-order valence-corrected chi connectivity index (χ0v) is 16.7. The third-order valence-corrected chi connectivity index (χ3v) is 6.47. The van der Waals surface area contributed by atoms with Crippen molar-refractivity contribution in [3.05, 3.63) is 24.2 Å². The Morgan fingerprint density at radius 3 is 2.59 bits per heavy atom. The first-order valence-electron chi connectivity index (χ1n) is 10.1. The predicted octanol–water partition coefficient (Wildman–Crippen LogP) is 3.01. The molecule has 2 N–H and O–H groups in total. The molecule has 1 saturated heterocycles. The Bertz CT molecular complexity index is 768. The maximum atomic E-state index is 4.81. The summed E-state index contributed by atoms with van der Waals surface area (Å²) in [6, 6.07) is 0.561. The van der Waals surface area contributed by atoms with Crippen LogP contribution in [0.25, 0.3) is 0 Å². The van der Waals surface area contributed by atoms with E-state index in [-0.39, 0.29) is 0 Å². The highest BCUT2D eigenvalue weighted by molar-refractivity contribution is 5.55. The molecule has 146 valence electrons. The van der Waals surface area contributed by atoms with Gasteiger partial charge in [-0.1, -0.05) is 0 Å². The fraction of sp³-hybridized carbons (Fsp3) is 0.650. The van der Waals surface area contributed by atoms with Crippen LogP contribution in [0, 0.1) is 12.3 Å². The van der Waals surface area contributed by atoms with Gasteiger partial charge in [-0.2, -0.15) is 10.1 Å². The summed E-state index contributed by atoms with van der Waals surface area (Å²) in [7, 11) is 4.09. The summed E-state index contributed by atoms with van der Waals surface area (Å²) in [5.41, 5.74) is 2.62. The third kappa shape index (κ3) is 3.93. The summed E-state index contributed by atoms with van der Waals surface area (Å²) < 4.78 is 1.77. The van der Waals surface area contributed by atoms with Crippen molar-refractivity contribution in [2.75, 3.05) is 30.4 Å². The van der Waals surface area contributed by atoms with Crippen molar-refractivity contribution in [1.29, 1.82) is 0 Å². The van der Waals surface area contributed by atoms with Gasteiger partial charge < -0.3 is 15.5 Å². The second-order valence-corrected chi connectivity index (χ2v) is 8.32. The molecule has 2 aliphatic rings. The molecule has 0 amide bonds. The van der Waals surface area contributed by atoms with E-state index in [0.29, 0.717) is 17.4 Å². The Kier molecular flexibility index (Phi) is 5.04. The van der Waals surface area contributed by atoms with Gasteiger partial charge in [0.15, 0.2) is 0 Å². The molecule has 1 spiro atoms. The lowest BCUT2D eigenvalue weighted by Gasteiger charge is -2.45. The van der Waals surface area contributed by atoms with E-state index in [0.717, 1.165) is 17.1 Å². The molecule has 2 aromatic rings. The summed E-state index contributed by atoms with van der Waals surface area (Å²) in [5.74, 6) is 1.66. The first-order chi connectivity index (χ1) is 13.0. The van der Waals surface area contributed by atoms with Crippen LogP contribution in [0.2, 0.25) is 0 Å². The normalized spacial score (nSPS) is 20.0. The molecule has 7 heteroatoms. The van der Waals surface area contributed by atoms with E-state index in [4.69, 9.17) is 4.98 Å². The van der Waals surface area contributed by atoms with Crippen LogP contribution in [0.5, 0.6) is 0 Å². The topological polar surface area (TPSA) is 70.9 Å². The van der Waals surface area contributed by atoms with Crippen LogP contribution in [-0.2, 0) is 7.05 Å². The summed E-state index contributed by atoms with van der Waals surface area (Å²) >= 11 is 0. The van der Waals surface area contributed by atoms with Gasteiger partial charge in [-0.3, -0.25) is 4.68 Å². The van der Waals surface area contributed by atoms with Crippen LogP contribution >= 0.6 is 0 Å². The molecule has 3 heterocycles. The average molecular weight is 370 g/mol. The molecule has 1 aliphatic heterocycles. The lowest BCUT2D eigenvalue weighted by Crippen LogP contribution is -2.44. The molecule has 0 bridgehead atoms. The quantitative estimate of drug-likeness (QED) is 0.863. The van der Waals surface area contributed by atoms with Crippen LogP contribution in [0.3, 0.4) is 0 Å². The number of aromatic nitrogens is 4. The van der Waals surface area contributed by atoms with Gasteiger partial charge in [0.2, 0.25) is 5.95 Å². The molecule has 7 nitrogen and oxygen atoms in total. The van der Waals surface area contributed by atoms with Crippen LogP contribution in [0.15, 0.2) is 18.6 Å². The zero-order chi connectivity index (χ0) is 18.9. The molecule has 1 aliphatic carbocycles. The SMILES string of the molecule is Cc1cnc(Nc2cnn(C)c2)nc1N(C)C1CCC2(CCNCC2)CC1. The molecular formula is C20H31N7. The van der Waals surface area contributed by atoms with Gasteiger partial charge in [0.05, 0.1) is 11.9 Å². The Hall–Kier alpha value is -2.15. The number of aryl methyl sites for hydroxylation is 2. The highest BCUT2D eigenvalue weighted by Crippen LogP contribution is 2.44. The Morgan fingerprint density at radius 1 is 1.19 bits per heavy atom. The van der Waals surface area contributed by atoms with Gasteiger partial charge in [0.25, 0.3) is 0 Å². The number of rotatable bonds is 4. The van der Waals surface area contributed by atoms with Crippen LogP contribution in [0.4, 0.5) is 17.5 Å². The molecular weight excluding hydrogens is 338 g/mol. The molecule has 27 heavy (non-hydrogen) atoms. The van der Waals surface area contributed by atoms with Crippen LogP contribution in [0.1, 0.15) is 44.1 Å². The van der Waals surface area contributed by atoms with E-state index in [2.05, 4.69) is 39.6 Å². The Morgan fingerprint density at radius 2 is 1.93 bits per heavy atom. The molecule has 0 unspecified atom stereocenters. The first-order valence-corrected chi connectivity index (χ1v) is 10.1. The summed E-state index contributed by atoms with van der Waals surface area (Å²) in [6.45, 7) is 4.47. The molecule has 4 rings (SSSR count). The average Bonchev–Trinajstić information content (AvgIpc) is 3.09. The number of hydrogen-bond acceptors (Lipinski definition) is 6. The number of nitrogens with zero attached hydrogens (tertiary/aromatic N) is 5. The second kappa shape index (κ2) is 7.46. The minimum atomic E-state index is 0.561. The van der Waals surface area contributed by atoms with Crippen molar-refractivity contribution in [3.8, 4) is 0 Å². The number of nitrogens with one attached hydrogen (secondary N) is 2. The van der Waals surface area contributed by atoms with E-state index >= 15 is 0 Å². The van der Waals surface area contributed by atoms with Crippen LogP contribution < -0.4 is 15.5 Å². The lowest BCUT2D eigenvalue weighted by atomic mass is 9.67. The molecule has 2 fully saturated rings. The van der Waals surface area contributed by atoms with Gasteiger partial charge in [0, 0.05) is 38.1 Å². The Balaban J connectivity index is 1.45. The molecule has 0 atom stereocenters. The molecule has 1 saturated carbocycles. The minimum Gasteiger partial charge on any atom is -0.356 e. The van der Waals surface area contributed by atoms with E-state index in [1.54, 1.807) is 10.9 Å². The van der Waals surface area contributed by atoms with Gasteiger partial charge in [-0.25, -0.2) is 4.98 Å². The van der Waals surface area contributed by atoms with E-state index in [1.165, 1.54) is 51.6 Å². The van der Waals surface area contributed by atoms with Crippen LogP contribution in [-0.4, -0.2) is 45.9 Å². The number of hydrogen-bond donors (Lipinski definition) is 2. The standard InChI is InChI=1S/C20H31N7/c1-15-12-22-19(24-16-13-23-26(2)14-16)25-18(15)27(3)17-4-6-20(7-5-17)8-10-21-11-9-20/h12-14,17,21H,4-11H2,1-3H3,(H,22,24,25). The Labute approximate surface area is 161 Å². The predicted molar refractivity (Wildman–Crippen MR) is 108 cm³/mol. The fourth-order valence-corrected chi connectivity index (χ4v) is 4.70. The monoisotopic (exact) mass is 369 g/mol. The number of piperidine rings is 1. The van der Waals surface area contributed by atoms with Crippen molar-refractivity contribution < 1.29 is 0 Å². The first kappa shape index (κ1) is 18.2. The maximum absolute atomic E-state index is 4.81. The molecule has 0 radical (unpaired) electrons. The zero-order valence-electron chi connectivity index (χ0n) is 16.7. The maximum Gasteiger partial charge on any atom is 0.229 e. The molecule has 2 aromatic heterocycles. The fourth-order valence-electron chi connectivity index (χ4n) is 4.70. The highest BCUT2D eigenvalue weighted by Gasteiger charge is 2.37. The third-order valence-electron chi connectivity index (χ3n) is 6.47. The lowest BCUT2D eigenvalue weighted by molar-refractivity contribution is 0.123.